The summed E-state index contributed by atoms with van der Waals surface area (Å²) >= 11 is 7.24. The predicted octanol–water partition coefficient (Wildman–Crippen LogP) is 4.05. The number of para-hydroxylation sites is 2. The van der Waals surface area contributed by atoms with E-state index in [2.05, 4.69) is 11.1 Å². The fraction of sp³-hybridized carbons (Fsp3) is 0.167. The second-order valence-corrected chi connectivity index (χ2v) is 7.00. The molecule has 0 radical (unpaired) electrons. The SMILES string of the molecule is COc1ccccc1-n1c(SC(C)C#N)nc2cc(Cl)ccc2c1=O. The number of hydrogen-bond acceptors (Lipinski definition) is 5. The first-order valence-electron chi connectivity index (χ1n) is 7.47. The van der Waals surface area contributed by atoms with Crippen LogP contribution in [0.3, 0.4) is 0 Å². The molecule has 7 heteroatoms. The van der Waals surface area contributed by atoms with Crippen LogP contribution >= 0.6 is 23.4 Å². The number of benzene rings is 2. The number of fused-ring (bicyclic) bond motifs is 1. The molecule has 3 rings (SSSR count). The fourth-order valence-corrected chi connectivity index (χ4v) is 3.40. The van der Waals surface area contributed by atoms with Gasteiger partial charge < -0.3 is 4.74 Å². The lowest BCUT2D eigenvalue weighted by Gasteiger charge is -2.16. The van der Waals surface area contributed by atoms with Gasteiger partial charge in [-0.1, -0.05) is 35.5 Å². The molecule has 2 aromatic carbocycles. The number of rotatable bonds is 4. The number of hydrogen-bond donors (Lipinski definition) is 0. The number of aromatic nitrogens is 2. The highest BCUT2D eigenvalue weighted by Crippen LogP contribution is 2.29. The van der Waals surface area contributed by atoms with Gasteiger partial charge in [-0.05, 0) is 37.3 Å². The van der Waals surface area contributed by atoms with E-state index >= 15 is 0 Å². The van der Waals surface area contributed by atoms with Crippen molar-refractivity contribution in [1.29, 1.82) is 5.26 Å². The van der Waals surface area contributed by atoms with Gasteiger partial charge in [0.05, 0.1) is 35.0 Å². The van der Waals surface area contributed by atoms with E-state index in [1.165, 1.54) is 16.3 Å². The van der Waals surface area contributed by atoms with Crippen molar-refractivity contribution in [3.63, 3.8) is 0 Å². The van der Waals surface area contributed by atoms with Crippen molar-refractivity contribution < 1.29 is 4.74 Å². The van der Waals surface area contributed by atoms with Gasteiger partial charge in [-0.15, -0.1) is 0 Å². The van der Waals surface area contributed by atoms with Gasteiger partial charge in [0.15, 0.2) is 5.16 Å². The number of halogens is 1. The minimum Gasteiger partial charge on any atom is -0.495 e. The zero-order valence-electron chi connectivity index (χ0n) is 13.6. The van der Waals surface area contributed by atoms with Gasteiger partial charge in [-0.25, -0.2) is 4.98 Å². The summed E-state index contributed by atoms with van der Waals surface area (Å²) in [6.07, 6.45) is 0. The molecule has 5 nitrogen and oxygen atoms in total. The quantitative estimate of drug-likeness (QED) is 0.511. The standard InChI is InChI=1S/C18H14ClN3O2S/c1-11(10-20)25-18-21-14-9-12(19)7-8-13(14)17(23)22(18)15-5-3-4-6-16(15)24-2/h3-9,11H,1-2H3. The Morgan fingerprint density at radius 2 is 2.08 bits per heavy atom. The molecule has 0 saturated heterocycles. The van der Waals surface area contributed by atoms with Crippen molar-refractivity contribution in [2.45, 2.75) is 17.3 Å². The summed E-state index contributed by atoms with van der Waals surface area (Å²) in [6.45, 7) is 1.76. The molecule has 0 saturated carbocycles. The van der Waals surface area contributed by atoms with E-state index in [9.17, 15) is 4.79 Å². The van der Waals surface area contributed by atoms with Gasteiger partial charge in [0.1, 0.15) is 5.75 Å². The molecular weight excluding hydrogens is 358 g/mol. The summed E-state index contributed by atoms with van der Waals surface area (Å²) in [5, 5.41) is 10.1. The molecule has 0 bridgehead atoms. The molecule has 0 spiro atoms. The van der Waals surface area contributed by atoms with Crippen LogP contribution in [0.4, 0.5) is 0 Å². The molecule has 1 atom stereocenters. The largest absolute Gasteiger partial charge is 0.495 e. The van der Waals surface area contributed by atoms with Crippen molar-refractivity contribution in [3.05, 3.63) is 57.8 Å². The first-order chi connectivity index (χ1) is 12.0. The molecule has 0 aliphatic heterocycles. The molecule has 1 aromatic heterocycles. The average molecular weight is 372 g/mol. The van der Waals surface area contributed by atoms with Crippen LogP contribution in [0.2, 0.25) is 5.02 Å². The lowest BCUT2D eigenvalue weighted by Crippen LogP contribution is -2.22. The molecule has 1 unspecified atom stereocenters. The maximum Gasteiger partial charge on any atom is 0.266 e. The molecule has 25 heavy (non-hydrogen) atoms. The Morgan fingerprint density at radius 3 is 2.80 bits per heavy atom. The Balaban J connectivity index is 2.37. The second-order valence-electron chi connectivity index (χ2n) is 5.26. The Kier molecular flexibility index (Phi) is 4.98. The maximum absolute atomic E-state index is 13.1. The normalized spacial score (nSPS) is 11.9. The van der Waals surface area contributed by atoms with Gasteiger partial charge in [0.2, 0.25) is 0 Å². The van der Waals surface area contributed by atoms with Crippen molar-refractivity contribution in [1.82, 2.24) is 9.55 Å². The lowest BCUT2D eigenvalue weighted by atomic mass is 10.2. The predicted molar refractivity (Wildman–Crippen MR) is 99.8 cm³/mol. The summed E-state index contributed by atoms with van der Waals surface area (Å²) < 4.78 is 6.87. The highest BCUT2D eigenvalue weighted by Gasteiger charge is 2.18. The van der Waals surface area contributed by atoms with E-state index in [0.717, 1.165) is 0 Å². The molecule has 0 aliphatic rings. The molecule has 1 heterocycles. The van der Waals surface area contributed by atoms with Gasteiger partial charge >= 0.3 is 0 Å². The number of nitriles is 1. The smallest absolute Gasteiger partial charge is 0.266 e. The molecule has 126 valence electrons. The first-order valence-corrected chi connectivity index (χ1v) is 8.73. The molecule has 3 aromatic rings. The van der Waals surface area contributed by atoms with Crippen LogP contribution in [0.15, 0.2) is 52.4 Å². The summed E-state index contributed by atoms with van der Waals surface area (Å²) in [5.41, 5.74) is 0.835. The highest BCUT2D eigenvalue weighted by molar-refractivity contribution is 8.00. The summed E-state index contributed by atoms with van der Waals surface area (Å²) in [5.74, 6) is 0.547. The van der Waals surface area contributed by atoms with E-state index in [1.54, 1.807) is 44.4 Å². The highest BCUT2D eigenvalue weighted by atomic mass is 35.5. The summed E-state index contributed by atoms with van der Waals surface area (Å²) in [6, 6.07) is 14.3. The monoisotopic (exact) mass is 371 g/mol. The third-order valence-electron chi connectivity index (χ3n) is 3.59. The minimum absolute atomic E-state index is 0.237. The molecule has 0 fully saturated rings. The number of nitrogens with zero attached hydrogens (tertiary/aromatic N) is 3. The van der Waals surface area contributed by atoms with Crippen LogP contribution in [0.25, 0.3) is 16.6 Å². The maximum atomic E-state index is 13.1. The Bertz CT molecular complexity index is 1040. The van der Waals surface area contributed by atoms with E-state index in [-0.39, 0.29) is 10.8 Å². The third-order valence-corrected chi connectivity index (χ3v) is 4.77. The van der Waals surface area contributed by atoms with Gasteiger partial charge in [0, 0.05) is 5.02 Å². The number of thioether (sulfide) groups is 1. The average Bonchev–Trinajstić information content (AvgIpc) is 2.61. The van der Waals surface area contributed by atoms with Crippen LogP contribution in [0.5, 0.6) is 5.75 Å². The van der Waals surface area contributed by atoms with Crippen LogP contribution < -0.4 is 10.3 Å². The van der Waals surface area contributed by atoms with E-state index < -0.39 is 0 Å². The van der Waals surface area contributed by atoms with Crippen LogP contribution in [-0.4, -0.2) is 21.9 Å². The molecule has 0 amide bonds. The topological polar surface area (TPSA) is 67.9 Å². The van der Waals surface area contributed by atoms with E-state index in [1.807, 2.05) is 12.1 Å². The number of ether oxygens (including phenoxy) is 1. The second kappa shape index (κ2) is 7.18. The van der Waals surface area contributed by atoms with Gasteiger partial charge in [-0.2, -0.15) is 5.26 Å². The molecule has 0 N–H and O–H groups in total. The molecule has 0 aliphatic carbocycles. The summed E-state index contributed by atoms with van der Waals surface area (Å²) in [7, 11) is 1.54. The van der Waals surface area contributed by atoms with Crippen molar-refractivity contribution in [2.24, 2.45) is 0 Å². The zero-order valence-corrected chi connectivity index (χ0v) is 15.1. The van der Waals surface area contributed by atoms with E-state index in [0.29, 0.717) is 32.5 Å². The lowest BCUT2D eigenvalue weighted by molar-refractivity contribution is 0.411. The minimum atomic E-state index is -0.371. The van der Waals surface area contributed by atoms with Gasteiger partial charge in [-0.3, -0.25) is 9.36 Å². The Morgan fingerprint density at radius 1 is 1.32 bits per heavy atom. The first kappa shape index (κ1) is 17.3. The van der Waals surface area contributed by atoms with Crippen LogP contribution in [0.1, 0.15) is 6.92 Å². The fourth-order valence-electron chi connectivity index (χ4n) is 2.43. The Labute approximate surface area is 153 Å². The third kappa shape index (κ3) is 3.34. The zero-order chi connectivity index (χ0) is 18.0. The summed E-state index contributed by atoms with van der Waals surface area (Å²) in [4.78, 5) is 17.7. The van der Waals surface area contributed by atoms with Crippen molar-refractivity contribution >= 4 is 34.3 Å². The van der Waals surface area contributed by atoms with E-state index in [4.69, 9.17) is 21.6 Å². The van der Waals surface area contributed by atoms with Crippen molar-refractivity contribution in [2.75, 3.05) is 7.11 Å². The molecular formula is C18H14ClN3O2S. The van der Waals surface area contributed by atoms with Crippen LogP contribution in [0, 0.1) is 11.3 Å². The van der Waals surface area contributed by atoms with Crippen molar-refractivity contribution in [3.8, 4) is 17.5 Å². The number of methoxy groups -OCH3 is 1. The van der Waals surface area contributed by atoms with Gasteiger partial charge in [0.25, 0.3) is 5.56 Å². The van der Waals surface area contributed by atoms with Crippen LogP contribution in [-0.2, 0) is 0 Å². The Hall–Kier alpha value is -2.49.